The minimum absolute atomic E-state index is 0.102. The monoisotopic (exact) mass is 333 g/mol. The van der Waals surface area contributed by atoms with Crippen molar-refractivity contribution in [3.8, 4) is 11.1 Å². The van der Waals surface area contributed by atoms with Gasteiger partial charge >= 0.3 is 0 Å². The number of carbonyl (C=O) groups is 1. The van der Waals surface area contributed by atoms with E-state index in [1.165, 1.54) is 18.2 Å². The predicted octanol–water partition coefficient (Wildman–Crippen LogP) is 2.47. The Labute approximate surface area is 138 Å². The Kier molecular flexibility index (Phi) is 4.87. The van der Waals surface area contributed by atoms with Crippen LogP contribution in [0.15, 0.2) is 42.5 Å². The largest absolute Gasteiger partial charge is 0.394 e. The van der Waals surface area contributed by atoms with E-state index in [0.29, 0.717) is 24.3 Å². The van der Waals surface area contributed by atoms with Crippen molar-refractivity contribution in [2.75, 3.05) is 26.4 Å². The van der Waals surface area contributed by atoms with Crippen molar-refractivity contribution in [1.82, 2.24) is 4.90 Å². The molecule has 1 fully saturated rings. The molecule has 1 aliphatic rings. The van der Waals surface area contributed by atoms with Gasteiger partial charge in [-0.1, -0.05) is 24.3 Å². The van der Waals surface area contributed by atoms with Crippen LogP contribution in [0.4, 0.5) is 8.78 Å². The summed E-state index contributed by atoms with van der Waals surface area (Å²) in [5.41, 5.74) is 0.883. The highest BCUT2D eigenvalue weighted by Gasteiger charge is 2.27. The fourth-order valence-corrected chi connectivity index (χ4v) is 2.79. The van der Waals surface area contributed by atoms with Crippen LogP contribution in [-0.4, -0.2) is 48.3 Å². The zero-order valence-corrected chi connectivity index (χ0v) is 12.9. The number of rotatable bonds is 3. The minimum atomic E-state index is -0.943. The summed E-state index contributed by atoms with van der Waals surface area (Å²) in [6.07, 6.45) is 0. The standard InChI is InChI=1S/C18H17F2NO3/c19-16-6-2-5-15(17(16)20)12-3-1-4-13(9-12)18(23)21-7-8-24-11-14(21)10-22/h1-6,9,14,22H,7-8,10-11H2/t14-/m0/s1. The van der Waals surface area contributed by atoms with Crippen molar-refractivity contribution < 1.29 is 23.4 Å². The van der Waals surface area contributed by atoms with Gasteiger partial charge in [-0.2, -0.15) is 0 Å². The van der Waals surface area contributed by atoms with Gasteiger partial charge in [0.15, 0.2) is 11.6 Å². The summed E-state index contributed by atoms with van der Waals surface area (Å²) in [6.45, 7) is 0.869. The third-order valence-corrected chi connectivity index (χ3v) is 4.07. The van der Waals surface area contributed by atoms with Crippen molar-refractivity contribution in [3.63, 3.8) is 0 Å². The van der Waals surface area contributed by atoms with Crippen LogP contribution in [0, 0.1) is 11.6 Å². The lowest BCUT2D eigenvalue weighted by Crippen LogP contribution is -2.50. The lowest BCUT2D eigenvalue weighted by Gasteiger charge is -2.34. The molecule has 126 valence electrons. The van der Waals surface area contributed by atoms with Gasteiger partial charge in [-0.25, -0.2) is 8.78 Å². The molecule has 0 unspecified atom stereocenters. The molecule has 0 spiro atoms. The predicted molar refractivity (Wildman–Crippen MR) is 84.5 cm³/mol. The van der Waals surface area contributed by atoms with Crippen molar-refractivity contribution in [2.24, 2.45) is 0 Å². The number of amides is 1. The van der Waals surface area contributed by atoms with Crippen LogP contribution in [0.5, 0.6) is 0 Å². The van der Waals surface area contributed by atoms with E-state index >= 15 is 0 Å². The van der Waals surface area contributed by atoms with Crippen molar-refractivity contribution in [3.05, 3.63) is 59.7 Å². The Morgan fingerprint density at radius 3 is 2.83 bits per heavy atom. The Balaban J connectivity index is 1.93. The molecular weight excluding hydrogens is 316 g/mol. The van der Waals surface area contributed by atoms with E-state index < -0.39 is 17.7 Å². The normalized spacial score (nSPS) is 17.8. The van der Waals surface area contributed by atoms with E-state index in [1.807, 2.05) is 0 Å². The number of ether oxygens (including phenoxy) is 1. The summed E-state index contributed by atoms with van der Waals surface area (Å²) in [4.78, 5) is 14.2. The maximum Gasteiger partial charge on any atom is 0.254 e. The first-order chi connectivity index (χ1) is 11.6. The molecule has 24 heavy (non-hydrogen) atoms. The third-order valence-electron chi connectivity index (χ3n) is 4.07. The van der Waals surface area contributed by atoms with Gasteiger partial charge in [0.25, 0.3) is 5.91 Å². The Morgan fingerprint density at radius 1 is 1.25 bits per heavy atom. The van der Waals surface area contributed by atoms with Crippen molar-refractivity contribution >= 4 is 5.91 Å². The second-order valence-corrected chi connectivity index (χ2v) is 5.59. The Morgan fingerprint density at radius 2 is 2.04 bits per heavy atom. The first-order valence-corrected chi connectivity index (χ1v) is 7.66. The molecule has 1 amide bonds. The van der Waals surface area contributed by atoms with E-state index in [2.05, 4.69) is 0 Å². The molecule has 1 N–H and O–H groups in total. The highest BCUT2D eigenvalue weighted by atomic mass is 19.2. The van der Waals surface area contributed by atoms with Crippen LogP contribution in [-0.2, 0) is 4.74 Å². The number of morpholine rings is 1. The van der Waals surface area contributed by atoms with E-state index in [-0.39, 0.29) is 24.7 Å². The first-order valence-electron chi connectivity index (χ1n) is 7.66. The summed E-state index contributed by atoms with van der Waals surface area (Å²) >= 11 is 0. The summed E-state index contributed by atoms with van der Waals surface area (Å²) in [5, 5.41) is 9.39. The second kappa shape index (κ2) is 7.07. The number of hydrogen-bond acceptors (Lipinski definition) is 3. The highest BCUT2D eigenvalue weighted by molar-refractivity contribution is 5.95. The van der Waals surface area contributed by atoms with Crippen LogP contribution in [0.25, 0.3) is 11.1 Å². The molecule has 4 nitrogen and oxygen atoms in total. The summed E-state index contributed by atoms with van der Waals surface area (Å²) < 4.78 is 32.7. The Bertz CT molecular complexity index is 751. The average molecular weight is 333 g/mol. The van der Waals surface area contributed by atoms with Gasteiger partial charge in [0.2, 0.25) is 0 Å². The van der Waals surface area contributed by atoms with E-state index in [4.69, 9.17) is 4.74 Å². The maximum absolute atomic E-state index is 14.0. The molecule has 0 aliphatic carbocycles. The molecule has 0 aromatic heterocycles. The lowest BCUT2D eigenvalue weighted by atomic mass is 10.0. The molecule has 1 atom stereocenters. The minimum Gasteiger partial charge on any atom is -0.394 e. The SMILES string of the molecule is O=C(c1cccc(-c2cccc(F)c2F)c1)N1CCOC[C@@H]1CO. The second-order valence-electron chi connectivity index (χ2n) is 5.59. The summed E-state index contributed by atoms with van der Waals surface area (Å²) in [7, 11) is 0. The van der Waals surface area contributed by atoms with Crippen molar-refractivity contribution in [2.45, 2.75) is 6.04 Å². The number of nitrogens with zero attached hydrogens (tertiary/aromatic N) is 1. The van der Waals surface area contributed by atoms with Gasteiger partial charge in [-0.3, -0.25) is 4.79 Å². The molecule has 1 saturated heterocycles. The molecule has 0 radical (unpaired) electrons. The Hall–Kier alpha value is -2.31. The average Bonchev–Trinajstić information content (AvgIpc) is 2.63. The van der Waals surface area contributed by atoms with E-state index in [9.17, 15) is 18.7 Å². The number of aliphatic hydroxyl groups excluding tert-OH is 1. The quantitative estimate of drug-likeness (QED) is 0.939. The zero-order valence-electron chi connectivity index (χ0n) is 12.9. The van der Waals surface area contributed by atoms with Gasteiger partial charge in [0, 0.05) is 17.7 Å². The molecule has 2 aromatic rings. The topological polar surface area (TPSA) is 49.8 Å². The maximum atomic E-state index is 14.0. The van der Waals surface area contributed by atoms with E-state index in [0.717, 1.165) is 6.07 Å². The molecule has 0 bridgehead atoms. The molecule has 3 rings (SSSR count). The van der Waals surface area contributed by atoms with Gasteiger partial charge in [-0.05, 0) is 23.8 Å². The van der Waals surface area contributed by atoms with Gasteiger partial charge in [-0.15, -0.1) is 0 Å². The van der Waals surface area contributed by atoms with Gasteiger partial charge < -0.3 is 14.7 Å². The van der Waals surface area contributed by atoms with Crippen LogP contribution < -0.4 is 0 Å². The number of halogens is 2. The van der Waals surface area contributed by atoms with Crippen LogP contribution in [0.2, 0.25) is 0 Å². The van der Waals surface area contributed by atoms with Gasteiger partial charge in [0.05, 0.1) is 25.9 Å². The molecule has 6 heteroatoms. The van der Waals surface area contributed by atoms with Crippen LogP contribution in [0.1, 0.15) is 10.4 Å². The highest BCUT2D eigenvalue weighted by Crippen LogP contribution is 2.26. The summed E-state index contributed by atoms with van der Waals surface area (Å²) in [5.74, 6) is -2.14. The molecule has 1 heterocycles. The van der Waals surface area contributed by atoms with Gasteiger partial charge in [0.1, 0.15) is 0 Å². The lowest BCUT2D eigenvalue weighted by molar-refractivity contribution is -0.0183. The number of hydrogen-bond donors (Lipinski definition) is 1. The smallest absolute Gasteiger partial charge is 0.254 e. The van der Waals surface area contributed by atoms with Crippen molar-refractivity contribution in [1.29, 1.82) is 0 Å². The molecule has 0 saturated carbocycles. The van der Waals surface area contributed by atoms with E-state index in [1.54, 1.807) is 23.1 Å². The molecular formula is C18H17F2NO3. The number of aliphatic hydroxyl groups is 1. The van der Waals surface area contributed by atoms with Crippen LogP contribution >= 0.6 is 0 Å². The molecule has 2 aromatic carbocycles. The fourth-order valence-electron chi connectivity index (χ4n) is 2.79. The summed E-state index contributed by atoms with van der Waals surface area (Å²) in [6, 6.07) is 9.93. The third kappa shape index (κ3) is 3.16. The first kappa shape index (κ1) is 16.5. The zero-order chi connectivity index (χ0) is 17.1. The fraction of sp³-hybridized carbons (Fsp3) is 0.278. The number of carbonyl (C=O) groups excluding carboxylic acids is 1. The van der Waals surface area contributed by atoms with Crippen LogP contribution in [0.3, 0.4) is 0 Å². The number of benzene rings is 2. The molecule has 1 aliphatic heterocycles.